The summed E-state index contributed by atoms with van der Waals surface area (Å²) < 4.78 is 5.87. The van der Waals surface area contributed by atoms with E-state index in [2.05, 4.69) is 84.9 Å². The van der Waals surface area contributed by atoms with Gasteiger partial charge in [0.05, 0.1) is 13.2 Å². The van der Waals surface area contributed by atoms with Gasteiger partial charge in [0, 0.05) is 0 Å². The van der Waals surface area contributed by atoms with Crippen LogP contribution in [0.5, 0.6) is 0 Å². The molecule has 0 heterocycles. The van der Waals surface area contributed by atoms with Crippen molar-refractivity contribution in [2.75, 3.05) is 13.2 Å². The van der Waals surface area contributed by atoms with Crippen LogP contribution in [-0.2, 0) is 17.6 Å². The maximum atomic E-state index is 5.87. The standard InChI is InChI=1S/C24H22O/c1-3-7-23-17-19(9-11-21(23)5-1)13-15-25-16-14-20-10-12-22-6-2-4-8-24(22)18-20/h1-12,17-18H,13-16H2. The highest BCUT2D eigenvalue weighted by molar-refractivity contribution is 5.83. The Balaban J connectivity index is 1.28. The molecule has 0 atom stereocenters. The van der Waals surface area contributed by atoms with Gasteiger partial charge in [-0.25, -0.2) is 0 Å². The number of fused-ring (bicyclic) bond motifs is 2. The average molecular weight is 326 g/mol. The summed E-state index contributed by atoms with van der Waals surface area (Å²) >= 11 is 0. The van der Waals surface area contributed by atoms with Gasteiger partial charge >= 0.3 is 0 Å². The fourth-order valence-corrected chi connectivity index (χ4v) is 3.27. The number of hydrogen-bond acceptors (Lipinski definition) is 1. The van der Waals surface area contributed by atoms with E-state index < -0.39 is 0 Å². The third kappa shape index (κ3) is 3.89. The summed E-state index contributed by atoms with van der Waals surface area (Å²) in [6.07, 6.45) is 1.92. The molecule has 0 unspecified atom stereocenters. The van der Waals surface area contributed by atoms with Crippen LogP contribution in [0.15, 0.2) is 84.9 Å². The zero-order chi connectivity index (χ0) is 16.9. The van der Waals surface area contributed by atoms with Crippen molar-refractivity contribution >= 4 is 21.5 Å². The molecule has 1 nitrogen and oxygen atoms in total. The van der Waals surface area contributed by atoms with E-state index in [4.69, 9.17) is 4.74 Å². The lowest BCUT2D eigenvalue weighted by molar-refractivity contribution is 0.140. The predicted octanol–water partition coefficient (Wildman–Crippen LogP) is 5.79. The zero-order valence-corrected chi connectivity index (χ0v) is 14.3. The number of ether oxygens (including phenoxy) is 1. The van der Waals surface area contributed by atoms with Crippen LogP contribution in [0.25, 0.3) is 21.5 Å². The molecule has 0 aliphatic heterocycles. The van der Waals surface area contributed by atoms with Crippen molar-refractivity contribution in [1.29, 1.82) is 0 Å². The Morgan fingerprint density at radius 2 is 0.920 bits per heavy atom. The zero-order valence-electron chi connectivity index (χ0n) is 14.3. The second-order valence-corrected chi connectivity index (χ2v) is 6.48. The van der Waals surface area contributed by atoms with Crippen LogP contribution in [0.2, 0.25) is 0 Å². The molecule has 0 saturated carbocycles. The summed E-state index contributed by atoms with van der Waals surface area (Å²) in [5.74, 6) is 0. The average Bonchev–Trinajstić information content (AvgIpc) is 2.67. The molecule has 1 heteroatoms. The van der Waals surface area contributed by atoms with Crippen LogP contribution in [0.1, 0.15) is 11.1 Å². The van der Waals surface area contributed by atoms with Gasteiger partial charge in [-0.3, -0.25) is 0 Å². The quantitative estimate of drug-likeness (QED) is 0.407. The Bertz CT molecular complexity index is 906. The van der Waals surface area contributed by atoms with E-state index in [-0.39, 0.29) is 0 Å². The van der Waals surface area contributed by atoms with Gasteiger partial charge in [-0.05, 0) is 45.5 Å². The van der Waals surface area contributed by atoms with E-state index in [0.29, 0.717) is 0 Å². The lowest BCUT2D eigenvalue weighted by Crippen LogP contribution is -2.03. The van der Waals surface area contributed by atoms with Crippen molar-refractivity contribution in [1.82, 2.24) is 0 Å². The van der Waals surface area contributed by atoms with Crippen molar-refractivity contribution in [3.05, 3.63) is 96.1 Å². The topological polar surface area (TPSA) is 9.23 Å². The molecule has 0 radical (unpaired) electrons. The highest BCUT2D eigenvalue weighted by Gasteiger charge is 1.99. The van der Waals surface area contributed by atoms with E-state index in [1.54, 1.807) is 0 Å². The molecule has 4 aromatic carbocycles. The molecule has 25 heavy (non-hydrogen) atoms. The number of benzene rings is 4. The van der Waals surface area contributed by atoms with Gasteiger partial charge in [-0.2, -0.15) is 0 Å². The highest BCUT2D eigenvalue weighted by Crippen LogP contribution is 2.17. The summed E-state index contributed by atoms with van der Waals surface area (Å²) in [5, 5.41) is 5.19. The van der Waals surface area contributed by atoms with Crippen molar-refractivity contribution in [3.63, 3.8) is 0 Å². The van der Waals surface area contributed by atoms with Crippen LogP contribution < -0.4 is 0 Å². The maximum Gasteiger partial charge on any atom is 0.0506 e. The lowest BCUT2D eigenvalue weighted by atomic mass is 10.1. The van der Waals surface area contributed by atoms with Crippen LogP contribution in [0.4, 0.5) is 0 Å². The number of hydrogen-bond donors (Lipinski definition) is 0. The van der Waals surface area contributed by atoms with Gasteiger partial charge in [0.15, 0.2) is 0 Å². The molecular weight excluding hydrogens is 304 g/mol. The third-order valence-electron chi connectivity index (χ3n) is 4.70. The fourth-order valence-electron chi connectivity index (χ4n) is 3.27. The first-order chi connectivity index (χ1) is 12.4. The highest BCUT2D eigenvalue weighted by atomic mass is 16.5. The van der Waals surface area contributed by atoms with Gasteiger partial charge in [0.1, 0.15) is 0 Å². The molecule has 0 spiro atoms. The first kappa shape index (κ1) is 15.9. The second-order valence-electron chi connectivity index (χ2n) is 6.48. The Morgan fingerprint density at radius 3 is 1.40 bits per heavy atom. The monoisotopic (exact) mass is 326 g/mol. The normalized spacial score (nSPS) is 11.2. The minimum Gasteiger partial charge on any atom is -0.381 e. The van der Waals surface area contributed by atoms with Crippen LogP contribution in [-0.4, -0.2) is 13.2 Å². The predicted molar refractivity (Wildman–Crippen MR) is 106 cm³/mol. The van der Waals surface area contributed by atoms with E-state index >= 15 is 0 Å². The molecule has 0 aromatic heterocycles. The maximum absolute atomic E-state index is 5.87. The summed E-state index contributed by atoms with van der Waals surface area (Å²) in [5.41, 5.74) is 2.67. The molecule has 0 aliphatic rings. The van der Waals surface area contributed by atoms with E-state index in [9.17, 15) is 0 Å². The van der Waals surface area contributed by atoms with Crippen molar-refractivity contribution in [3.8, 4) is 0 Å². The van der Waals surface area contributed by atoms with Crippen LogP contribution >= 0.6 is 0 Å². The van der Waals surface area contributed by atoms with Gasteiger partial charge in [0.2, 0.25) is 0 Å². The van der Waals surface area contributed by atoms with Gasteiger partial charge in [-0.15, -0.1) is 0 Å². The Morgan fingerprint density at radius 1 is 0.480 bits per heavy atom. The molecule has 0 saturated heterocycles. The summed E-state index contributed by atoms with van der Waals surface area (Å²) in [6.45, 7) is 1.54. The van der Waals surface area contributed by atoms with Gasteiger partial charge in [0.25, 0.3) is 0 Å². The van der Waals surface area contributed by atoms with Crippen molar-refractivity contribution in [2.24, 2.45) is 0 Å². The first-order valence-electron chi connectivity index (χ1n) is 8.92. The van der Waals surface area contributed by atoms with Crippen molar-refractivity contribution in [2.45, 2.75) is 12.8 Å². The largest absolute Gasteiger partial charge is 0.381 e. The first-order valence-corrected chi connectivity index (χ1v) is 8.92. The summed E-state index contributed by atoms with van der Waals surface area (Å²) in [6, 6.07) is 30.3. The van der Waals surface area contributed by atoms with Crippen LogP contribution in [0, 0.1) is 0 Å². The smallest absolute Gasteiger partial charge is 0.0506 e. The van der Waals surface area contributed by atoms with E-state index in [0.717, 1.165) is 26.1 Å². The molecule has 0 amide bonds. The second kappa shape index (κ2) is 7.50. The van der Waals surface area contributed by atoms with Gasteiger partial charge in [-0.1, -0.05) is 84.9 Å². The molecule has 124 valence electrons. The molecule has 0 fully saturated rings. The van der Waals surface area contributed by atoms with Crippen LogP contribution in [0.3, 0.4) is 0 Å². The minimum atomic E-state index is 0.770. The molecular formula is C24H22O. The molecule has 0 N–H and O–H groups in total. The number of rotatable bonds is 6. The molecule has 0 aliphatic carbocycles. The minimum absolute atomic E-state index is 0.770. The molecule has 0 bridgehead atoms. The van der Waals surface area contributed by atoms with E-state index in [1.165, 1.54) is 32.7 Å². The fraction of sp³-hybridized carbons (Fsp3) is 0.167. The van der Waals surface area contributed by atoms with Crippen molar-refractivity contribution < 1.29 is 4.74 Å². The van der Waals surface area contributed by atoms with E-state index in [1.807, 2.05) is 0 Å². The Labute approximate surface area is 148 Å². The molecule has 4 aromatic rings. The lowest BCUT2D eigenvalue weighted by Gasteiger charge is -2.07. The Hall–Kier alpha value is -2.64. The van der Waals surface area contributed by atoms with Gasteiger partial charge < -0.3 is 4.74 Å². The summed E-state index contributed by atoms with van der Waals surface area (Å²) in [7, 11) is 0. The Kier molecular flexibility index (Phi) is 4.76. The summed E-state index contributed by atoms with van der Waals surface area (Å²) in [4.78, 5) is 0. The third-order valence-corrected chi connectivity index (χ3v) is 4.70. The SMILES string of the molecule is c1ccc2cc(CCOCCc3ccc4ccccc4c3)ccc2c1. The molecule has 4 rings (SSSR count).